The highest BCUT2D eigenvalue weighted by atomic mass is 35.5. The number of halogens is 1. The molecule has 2 aromatic carbocycles. The van der Waals surface area contributed by atoms with Gasteiger partial charge in [-0.2, -0.15) is 0 Å². The number of hydrogen-bond acceptors (Lipinski definition) is 5. The maximum atomic E-state index is 13.3. The Morgan fingerprint density at radius 2 is 1.98 bits per heavy atom. The molecule has 0 saturated heterocycles. The van der Waals surface area contributed by atoms with Crippen molar-refractivity contribution in [2.75, 3.05) is 31.7 Å². The second-order valence-electron chi connectivity index (χ2n) is 12.3. The van der Waals surface area contributed by atoms with Gasteiger partial charge in [-0.3, -0.25) is 9.52 Å². The van der Waals surface area contributed by atoms with E-state index >= 15 is 0 Å². The fourth-order valence-corrected chi connectivity index (χ4v) is 8.23. The fraction of sp³-hybridized carbons (Fsp3) is 0.559. The molecule has 0 radical (unpaired) electrons. The zero-order chi connectivity index (χ0) is 29.9. The van der Waals surface area contributed by atoms with Crippen LogP contribution in [0.5, 0.6) is 5.75 Å². The predicted octanol–water partition coefficient (Wildman–Crippen LogP) is 7.23. The summed E-state index contributed by atoms with van der Waals surface area (Å²) in [6.45, 7) is 8.57. The summed E-state index contributed by atoms with van der Waals surface area (Å²) in [5, 5.41) is 0.641. The van der Waals surface area contributed by atoms with Crippen molar-refractivity contribution in [3.05, 3.63) is 70.3 Å². The number of nitrogens with one attached hydrogen (secondary N) is 1. The molecule has 2 bridgehead atoms. The van der Waals surface area contributed by atoms with Crippen molar-refractivity contribution in [2.24, 2.45) is 11.8 Å². The molecule has 1 fully saturated rings. The maximum Gasteiger partial charge on any atom is 0.263 e. The van der Waals surface area contributed by atoms with Gasteiger partial charge in [0.05, 0.1) is 23.1 Å². The molecule has 6 nitrogen and oxygen atoms in total. The molecule has 2 heterocycles. The summed E-state index contributed by atoms with van der Waals surface area (Å²) in [7, 11) is 0.334. The Morgan fingerprint density at radius 3 is 2.69 bits per heavy atom. The number of hydrogen-bond donors (Lipinski definition) is 1. The minimum absolute atomic E-state index is 0.116. The average molecular weight is 613 g/mol. The molecule has 1 N–H and O–H groups in total. The Hall–Kier alpha value is -2.35. The number of nitrogens with zero attached hydrogens (tertiary/aromatic N) is 1. The SMILES string of the molecule is CCCc1cc(Cl)ccc1C1COc2ccc3cc2N(C1)CC1CCC1[C@@](C)(OC)/C=C/CCC(CC)S(=O)NC3=O. The third kappa shape index (κ3) is 6.58. The van der Waals surface area contributed by atoms with Crippen molar-refractivity contribution < 1.29 is 18.5 Å². The van der Waals surface area contributed by atoms with Crippen LogP contribution in [-0.2, 0) is 22.1 Å². The van der Waals surface area contributed by atoms with Crippen LogP contribution >= 0.6 is 11.6 Å². The molecule has 3 aliphatic rings. The largest absolute Gasteiger partial charge is 0.491 e. The first-order valence-corrected chi connectivity index (χ1v) is 17.1. The zero-order valence-corrected chi connectivity index (χ0v) is 26.9. The molecule has 1 saturated carbocycles. The first kappa shape index (κ1) is 31.1. The molecule has 1 amide bonds. The highest BCUT2D eigenvalue weighted by Gasteiger charge is 2.45. The Kier molecular flexibility index (Phi) is 10.0. The van der Waals surface area contributed by atoms with Crippen LogP contribution in [0.3, 0.4) is 0 Å². The molecule has 5 unspecified atom stereocenters. The molecule has 0 aromatic heterocycles. The lowest BCUT2D eigenvalue weighted by atomic mass is 9.64. The number of fused-ring (bicyclic) bond motifs is 2. The van der Waals surface area contributed by atoms with E-state index in [4.69, 9.17) is 21.1 Å². The van der Waals surface area contributed by atoms with Gasteiger partial charge in [0.15, 0.2) is 0 Å². The lowest BCUT2D eigenvalue weighted by molar-refractivity contribution is -0.0620. The van der Waals surface area contributed by atoms with Crippen molar-refractivity contribution in [3.8, 4) is 5.75 Å². The highest BCUT2D eigenvalue weighted by Crippen LogP contribution is 2.46. The highest BCUT2D eigenvalue weighted by molar-refractivity contribution is 7.84. The van der Waals surface area contributed by atoms with Gasteiger partial charge >= 0.3 is 0 Å². The lowest BCUT2D eigenvalue weighted by Gasteiger charge is -2.48. The van der Waals surface area contributed by atoms with Gasteiger partial charge in [-0.1, -0.05) is 50.1 Å². The van der Waals surface area contributed by atoms with E-state index in [-0.39, 0.29) is 22.7 Å². The summed E-state index contributed by atoms with van der Waals surface area (Å²) in [5.74, 6) is 1.43. The molecule has 2 aromatic rings. The van der Waals surface area contributed by atoms with E-state index in [0.717, 1.165) is 74.5 Å². The summed E-state index contributed by atoms with van der Waals surface area (Å²) < 4.78 is 28.6. The molecule has 6 atom stereocenters. The molecule has 0 spiro atoms. The first-order valence-electron chi connectivity index (χ1n) is 15.5. The number of methoxy groups -OCH3 is 1. The Labute approximate surface area is 258 Å². The van der Waals surface area contributed by atoms with Crippen LogP contribution in [0.4, 0.5) is 5.69 Å². The molecule has 42 heavy (non-hydrogen) atoms. The predicted molar refractivity (Wildman–Crippen MR) is 172 cm³/mol. The fourth-order valence-electron chi connectivity index (χ4n) is 6.92. The molecule has 5 rings (SSSR count). The number of amides is 1. The summed E-state index contributed by atoms with van der Waals surface area (Å²) >= 11 is 6.42. The van der Waals surface area contributed by atoms with E-state index < -0.39 is 11.0 Å². The van der Waals surface area contributed by atoms with Crippen molar-refractivity contribution in [2.45, 2.75) is 82.5 Å². The normalized spacial score (nSPS) is 30.7. The van der Waals surface area contributed by atoms with E-state index in [2.05, 4.69) is 47.8 Å². The number of benzene rings is 2. The van der Waals surface area contributed by atoms with Gasteiger partial charge in [-0.05, 0) is 98.7 Å². The van der Waals surface area contributed by atoms with Crippen LogP contribution in [0.25, 0.3) is 0 Å². The van der Waals surface area contributed by atoms with Gasteiger partial charge in [-0.15, -0.1) is 0 Å². The van der Waals surface area contributed by atoms with Gasteiger partial charge in [0.2, 0.25) is 0 Å². The van der Waals surface area contributed by atoms with Gasteiger partial charge < -0.3 is 14.4 Å². The third-order valence-corrected chi connectivity index (χ3v) is 11.4. The molecule has 1 aliphatic carbocycles. The second-order valence-corrected chi connectivity index (χ2v) is 14.2. The number of anilines is 1. The number of carbonyl (C=O) groups is 1. The van der Waals surface area contributed by atoms with Gasteiger partial charge in [0.25, 0.3) is 5.91 Å². The number of ether oxygens (including phenoxy) is 2. The smallest absolute Gasteiger partial charge is 0.263 e. The van der Waals surface area contributed by atoms with E-state index in [9.17, 15) is 9.00 Å². The monoisotopic (exact) mass is 612 g/mol. The summed E-state index contributed by atoms with van der Waals surface area (Å²) in [6, 6.07) is 11.8. The van der Waals surface area contributed by atoms with Crippen LogP contribution in [0.15, 0.2) is 48.6 Å². The summed E-state index contributed by atoms with van der Waals surface area (Å²) in [5.41, 5.74) is 3.59. The van der Waals surface area contributed by atoms with E-state index in [1.807, 2.05) is 32.2 Å². The number of rotatable bonds is 5. The molecular formula is C34H45ClN2O4S. The molecular weight excluding hydrogens is 568 g/mol. The quantitative estimate of drug-likeness (QED) is 0.361. The Balaban J connectivity index is 1.55. The zero-order valence-electron chi connectivity index (χ0n) is 25.4. The molecule has 2 aliphatic heterocycles. The van der Waals surface area contributed by atoms with Crippen molar-refractivity contribution in [3.63, 3.8) is 0 Å². The van der Waals surface area contributed by atoms with Crippen molar-refractivity contribution in [1.29, 1.82) is 0 Å². The minimum Gasteiger partial charge on any atom is -0.491 e. The third-order valence-electron chi connectivity index (χ3n) is 9.61. The topological polar surface area (TPSA) is 67.9 Å². The van der Waals surface area contributed by atoms with E-state index in [1.54, 1.807) is 6.07 Å². The van der Waals surface area contributed by atoms with Gasteiger partial charge in [0.1, 0.15) is 16.7 Å². The van der Waals surface area contributed by atoms with Crippen LogP contribution in [0.2, 0.25) is 5.02 Å². The van der Waals surface area contributed by atoms with Crippen LogP contribution in [-0.4, -0.2) is 47.8 Å². The number of aryl methyl sites for hydroxylation is 1. The van der Waals surface area contributed by atoms with E-state index in [0.29, 0.717) is 24.0 Å². The lowest BCUT2D eigenvalue weighted by Crippen LogP contribution is -2.49. The average Bonchev–Trinajstić information content (AvgIpc) is 3.14. The summed E-state index contributed by atoms with van der Waals surface area (Å²) in [4.78, 5) is 15.8. The summed E-state index contributed by atoms with van der Waals surface area (Å²) in [6.07, 6.45) is 10.9. The Morgan fingerprint density at radius 1 is 1.14 bits per heavy atom. The number of allylic oxidation sites excluding steroid dienone is 1. The van der Waals surface area contributed by atoms with Crippen molar-refractivity contribution in [1.82, 2.24) is 4.72 Å². The van der Waals surface area contributed by atoms with Gasteiger partial charge in [0, 0.05) is 36.7 Å². The van der Waals surface area contributed by atoms with Gasteiger partial charge in [-0.25, -0.2) is 4.21 Å². The maximum absolute atomic E-state index is 13.3. The second kappa shape index (κ2) is 13.5. The minimum atomic E-state index is -1.48. The van der Waals surface area contributed by atoms with Crippen LogP contribution in [0.1, 0.15) is 86.7 Å². The van der Waals surface area contributed by atoms with E-state index in [1.165, 1.54) is 11.1 Å². The molecule has 228 valence electrons. The number of carbonyl (C=O) groups excluding carboxylic acids is 1. The van der Waals surface area contributed by atoms with Crippen LogP contribution in [0, 0.1) is 11.8 Å². The Bertz CT molecular complexity index is 1330. The first-order chi connectivity index (χ1) is 20.3. The van der Waals surface area contributed by atoms with Crippen molar-refractivity contribution >= 4 is 34.2 Å². The standard InChI is InChI=1S/C34H45ClN2O4S/c1-5-9-23-18-27(35)13-14-29(23)26-21-37-20-25-11-15-30(25)34(3,40-4)17-8-7-10-28(6-2)42(39)36-33(38)24-12-16-32(41-22-26)31(37)19-24/h8,12-14,16-19,25-26,28,30H,5-7,9-11,15,20-22H2,1-4H3,(H,36,38)/b17-8+/t25?,26?,28?,30?,34-,42?/m0/s1. The van der Waals surface area contributed by atoms with Crippen LogP contribution < -0.4 is 14.4 Å². The molecule has 8 heteroatoms.